The van der Waals surface area contributed by atoms with Crippen LogP contribution in [0.5, 0.6) is 0 Å². The van der Waals surface area contributed by atoms with Crippen LogP contribution in [0.1, 0.15) is 33.6 Å². The summed E-state index contributed by atoms with van der Waals surface area (Å²) in [6.45, 7) is 8.50. The van der Waals surface area contributed by atoms with E-state index in [-0.39, 0.29) is 11.4 Å². The third kappa shape index (κ3) is 4.06. The molecule has 104 valence electrons. The highest BCUT2D eigenvalue weighted by Crippen LogP contribution is 2.17. The Kier molecular flexibility index (Phi) is 4.25. The fourth-order valence-electron chi connectivity index (χ4n) is 2.22. The molecule has 0 amide bonds. The monoisotopic (exact) mass is 262 g/mol. The molecule has 0 aliphatic rings. The van der Waals surface area contributed by atoms with Gasteiger partial charge in [0.15, 0.2) is 0 Å². The van der Waals surface area contributed by atoms with Gasteiger partial charge in [0, 0.05) is 18.3 Å². The van der Waals surface area contributed by atoms with Gasteiger partial charge in [-0.25, -0.2) is 4.39 Å². The second kappa shape index (κ2) is 5.74. The van der Waals surface area contributed by atoms with Gasteiger partial charge >= 0.3 is 0 Å². The number of rotatable bonds is 5. The summed E-state index contributed by atoms with van der Waals surface area (Å²) in [7, 11) is 0. The number of nitrogens with zero attached hydrogens (tertiary/aromatic N) is 1. The number of unbranched alkanes of at least 4 members (excludes halogenated alkanes) is 1. The van der Waals surface area contributed by atoms with Crippen molar-refractivity contribution < 1.29 is 4.39 Å². The Labute approximate surface area is 114 Å². The van der Waals surface area contributed by atoms with E-state index in [4.69, 9.17) is 0 Å². The smallest absolute Gasteiger partial charge is 0.125 e. The molecule has 2 rings (SSSR count). The van der Waals surface area contributed by atoms with Crippen molar-refractivity contribution in [3.8, 4) is 0 Å². The van der Waals surface area contributed by atoms with Crippen LogP contribution in [0.2, 0.25) is 0 Å². The first-order chi connectivity index (χ1) is 8.96. The standard InChI is InChI=1S/C16H23FN2/c1-16(2,3)18-9-4-5-10-19-11-8-13-6-7-14(17)12-15(13)19/h6-8,11-12,18H,4-5,9-10H2,1-3H3. The molecule has 1 heterocycles. The molecule has 1 aromatic heterocycles. The number of aryl methyl sites for hydroxylation is 1. The summed E-state index contributed by atoms with van der Waals surface area (Å²) in [5.41, 5.74) is 1.17. The molecule has 19 heavy (non-hydrogen) atoms. The van der Waals surface area contributed by atoms with E-state index in [0.717, 1.165) is 36.8 Å². The second-order valence-electron chi connectivity index (χ2n) is 6.10. The lowest BCUT2D eigenvalue weighted by Gasteiger charge is -2.20. The Hall–Kier alpha value is -1.35. The second-order valence-corrected chi connectivity index (χ2v) is 6.10. The van der Waals surface area contributed by atoms with Crippen LogP contribution in [-0.4, -0.2) is 16.7 Å². The zero-order valence-corrected chi connectivity index (χ0v) is 12.0. The fourth-order valence-corrected chi connectivity index (χ4v) is 2.22. The molecule has 0 radical (unpaired) electrons. The summed E-state index contributed by atoms with van der Waals surface area (Å²) >= 11 is 0. The first kappa shape index (κ1) is 14.1. The number of aromatic nitrogens is 1. The van der Waals surface area contributed by atoms with Crippen molar-refractivity contribution in [3.63, 3.8) is 0 Å². The Morgan fingerprint density at radius 3 is 2.68 bits per heavy atom. The molecule has 2 aromatic rings. The molecule has 0 aliphatic carbocycles. The highest BCUT2D eigenvalue weighted by Gasteiger charge is 2.07. The van der Waals surface area contributed by atoms with Gasteiger partial charge < -0.3 is 9.88 Å². The average molecular weight is 262 g/mol. The normalized spacial score (nSPS) is 12.2. The Morgan fingerprint density at radius 2 is 1.95 bits per heavy atom. The van der Waals surface area contributed by atoms with Gasteiger partial charge in [-0.15, -0.1) is 0 Å². The summed E-state index contributed by atoms with van der Waals surface area (Å²) in [5, 5.41) is 4.58. The number of halogens is 1. The van der Waals surface area contributed by atoms with E-state index in [0.29, 0.717) is 0 Å². The van der Waals surface area contributed by atoms with Gasteiger partial charge in [-0.3, -0.25) is 0 Å². The number of nitrogens with one attached hydrogen (secondary N) is 1. The Balaban J connectivity index is 1.86. The molecule has 3 heteroatoms. The van der Waals surface area contributed by atoms with Crippen LogP contribution in [0.15, 0.2) is 30.5 Å². The Morgan fingerprint density at radius 1 is 1.16 bits per heavy atom. The molecule has 0 aliphatic heterocycles. The van der Waals surface area contributed by atoms with Crippen molar-refractivity contribution in [3.05, 3.63) is 36.3 Å². The van der Waals surface area contributed by atoms with Gasteiger partial charge in [-0.05, 0) is 69.8 Å². The van der Waals surface area contributed by atoms with E-state index in [9.17, 15) is 4.39 Å². The topological polar surface area (TPSA) is 17.0 Å². The van der Waals surface area contributed by atoms with Crippen LogP contribution in [-0.2, 0) is 6.54 Å². The van der Waals surface area contributed by atoms with Crippen LogP contribution < -0.4 is 5.32 Å². The number of hydrogen-bond acceptors (Lipinski definition) is 1. The van der Waals surface area contributed by atoms with Crippen molar-refractivity contribution in [2.45, 2.75) is 45.7 Å². The summed E-state index contributed by atoms with van der Waals surface area (Å²) in [6.07, 6.45) is 4.27. The highest BCUT2D eigenvalue weighted by molar-refractivity contribution is 5.80. The van der Waals surface area contributed by atoms with Crippen LogP contribution in [0.4, 0.5) is 4.39 Å². The molecule has 0 spiro atoms. The maximum absolute atomic E-state index is 13.2. The van der Waals surface area contributed by atoms with Crippen LogP contribution in [0.3, 0.4) is 0 Å². The summed E-state index contributed by atoms with van der Waals surface area (Å²) in [4.78, 5) is 0. The van der Waals surface area contributed by atoms with Crippen molar-refractivity contribution in [2.24, 2.45) is 0 Å². The third-order valence-electron chi connectivity index (χ3n) is 3.22. The summed E-state index contributed by atoms with van der Waals surface area (Å²) in [5.74, 6) is -0.165. The quantitative estimate of drug-likeness (QED) is 0.807. The zero-order valence-electron chi connectivity index (χ0n) is 12.0. The van der Waals surface area contributed by atoms with E-state index >= 15 is 0 Å². The number of fused-ring (bicyclic) bond motifs is 1. The van der Waals surface area contributed by atoms with Gasteiger partial charge in [-0.1, -0.05) is 0 Å². The van der Waals surface area contributed by atoms with Gasteiger partial charge in [0.1, 0.15) is 5.82 Å². The van der Waals surface area contributed by atoms with E-state index in [1.807, 2.05) is 18.3 Å². The van der Waals surface area contributed by atoms with E-state index in [1.54, 1.807) is 6.07 Å². The number of benzene rings is 1. The average Bonchev–Trinajstić information content (AvgIpc) is 2.70. The molecule has 0 saturated heterocycles. The van der Waals surface area contributed by atoms with E-state index < -0.39 is 0 Å². The minimum absolute atomic E-state index is 0.165. The summed E-state index contributed by atoms with van der Waals surface area (Å²) in [6, 6.07) is 7.01. The molecule has 0 fully saturated rings. The van der Waals surface area contributed by atoms with Gasteiger partial charge in [-0.2, -0.15) is 0 Å². The third-order valence-corrected chi connectivity index (χ3v) is 3.22. The summed E-state index contributed by atoms with van der Waals surface area (Å²) < 4.78 is 15.4. The molecule has 0 unspecified atom stereocenters. The lowest BCUT2D eigenvalue weighted by atomic mass is 10.1. The maximum atomic E-state index is 13.2. The molecule has 0 atom stereocenters. The van der Waals surface area contributed by atoms with Crippen molar-refractivity contribution in [1.82, 2.24) is 9.88 Å². The molecular weight excluding hydrogens is 239 g/mol. The van der Waals surface area contributed by atoms with Crippen molar-refractivity contribution in [2.75, 3.05) is 6.54 Å². The largest absolute Gasteiger partial charge is 0.347 e. The zero-order chi connectivity index (χ0) is 13.9. The van der Waals surface area contributed by atoms with Gasteiger partial charge in [0.25, 0.3) is 0 Å². The minimum Gasteiger partial charge on any atom is -0.347 e. The van der Waals surface area contributed by atoms with Crippen LogP contribution in [0, 0.1) is 5.82 Å². The van der Waals surface area contributed by atoms with Gasteiger partial charge in [0.2, 0.25) is 0 Å². The lowest BCUT2D eigenvalue weighted by Crippen LogP contribution is -2.36. The molecule has 2 nitrogen and oxygen atoms in total. The fraction of sp³-hybridized carbons (Fsp3) is 0.500. The van der Waals surface area contributed by atoms with Crippen LogP contribution in [0.25, 0.3) is 10.9 Å². The van der Waals surface area contributed by atoms with E-state index in [2.05, 4.69) is 30.7 Å². The molecule has 0 saturated carbocycles. The molecule has 1 aromatic carbocycles. The molecule has 0 bridgehead atoms. The van der Waals surface area contributed by atoms with Gasteiger partial charge in [0.05, 0.1) is 5.52 Å². The van der Waals surface area contributed by atoms with Crippen LogP contribution >= 0.6 is 0 Å². The maximum Gasteiger partial charge on any atom is 0.125 e. The van der Waals surface area contributed by atoms with Crippen molar-refractivity contribution >= 4 is 10.9 Å². The first-order valence-corrected chi connectivity index (χ1v) is 6.95. The predicted octanol–water partition coefficient (Wildman–Crippen LogP) is 3.95. The minimum atomic E-state index is -0.165. The highest BCUT2D eigenvalue weighted by atomic mass is 19.1. The Bertz CT molecular complexity index is 537. The molecule has 1 N–H and O–H groups in total. The van der Waals surface area contributed by atoms with Crippen molar-refractivity contribution in [1.29, 1.82) is 0 Å². The van der Waals surface area contributed by atoms with E-state index in [1.165, 1.54) is 6.07 Å². The predicted molar refractivity (Wildman–Crippen MR) is 78.9 cm³/mol. The lowest BCUT2D eigenvalue weighted by molar-refractivity contribution is 0.415. The SMILES string of the molecule is CC(C)(C)NCCCCn1ccc2ccc(F)cc21. The molecular formula is C16H23FN2. The first-order valence-electron chi connectivity index (χ1n) is 6.95. The number of hydrogen-bond donors (Lipinski definition) is 1.